The number of amides is 1. The predicted octanol–water partition coefficient (Wildman–Crippen LogP) is 5.31. The predicted molar refractivity (Wildman–Crippen MR) is 142 cm³/mol. The molecule has 202 valence electrons. The van der Waals surface area contributed by atoms with Crippen molar-refractivity contribution in [3.8, 4) is 11.1 Å². The highest BCUT2D eigenvalue weighted by Crippen LogP contribution is 2.45. The first kappa shape index (κ1) is 26.4. The molecule has 0 bridgehead atoms. The molecular formula is C28H32FN3O5S. The minimum atomic E-state index is -3.71. The molecule has 2 aromatic carbocycles. The molecule has 0 saturated carbocycles. The van der Waals surface area contributed by atoms with Gasteiger partial charge in [-0.05, 0) is 82.0 Å². The fraction of sp³-hybridized carbons (Fsp3) is 0.429. The van der Waals surface area contributed by atoms with E-state index in [4.69, 9.17) is 4.74 Å². The Bertz CT molecular complexity index is 1550. The summed E-state index contributed by atoms with van der Waals surface area (Å²) in [7, 11) is -3.71. The molecule has 8 nitrogen and oxygen atoms in total. The average molecular weight is 542 g/mol. The lowest BCUT2D eigenvalue weighted by Gasteiger charge is -2.37. The van der Waals surface area contributed by atoms with Gasteiger partial charge in [-0.1, -0.05) is 6.07 Å². The molecule has 2 aliphatic rings. The molecule has 2 aliphatic heterocycles. The number of hydrogen-bond acceptors (Lipinski definition) is 5. The number of fused-ring (bicyclic) bond motifs is 2. The lowest BCUT2D eigenvalue weighted by Crippen LogP contribution is -2.47. The van der Waals surface area contributed by atoms with Gasteiger partial charge >= 0.3 is 6.09 Å². The summed E-state index contributed by atoms with van der Waals surface area (Å²) >= 11 is 0. The number of carbonyl (C=O) groups excluding carboxylic acids is 2. The fourth-order valence-corrected chi connectivity index (χ4v) is 7.70. The van der Waals surface area contributed by atoms with E-state index < -0.39 is 27.5 Å². The maximum Gasteiger partial charge on any atom is 0.419 e. The molecule has 10 heteroatoms. The van der Waals surface area contributed by atoms with Gasteiger partial charge in [0, 0.05) is 49.2 Å². The Labute approximate surface area is 222 Å². The van der Waals surface area contributed by atoms with Crippen LogP contribution in [0.3, 0.4) is 0 Å². The number of piperidine rings is 1. The molecule has 3 heterocycles. The summed E-state index contributed by atoms with van der Waals surface area (Å²) in [6.07, 6.45) is 2.15. The average Bonchev–Trinajstić information content (AvgIpc) is 3.30. The van der Waals surface area contributed by atoms with Crippen molar-refractivity contribution in [2.45, 2.75) is 70.0 Å². The van der Waals surface area contributed by atoms with Crippen LogP contribution in [0.25, 0.3) is 22.0 Å². The number of likely N-dealkylation sites (tertiary alicyclic amines) is 1. The van der Waals surface area contributed by atoms with Crippen molar-refractivity contribution >= 4 is 32.9 Å². The zero-order valence-corrected chi connectivity index (χ0v) is 23.0. The lowest BCUT2D eigenvalue weighted by atomic mass is 9.98. The summed E-state index contributed by atoms with van der Waals surface area (Å²) < 4.78 is 49.7. The van der Waals surface area contributed by atoms with Gasteiger partial charge in [0.15, 0.2) is 0 Å². The van der Waals surface area contributed by atoms with Crippen LogP contribution in [-0.4, -0.2) is 58.9 Å². The highest BCUT2D eigenvalue weighted by Gasteiger charge is 2.45. The van der Waals surface area contributed by atoms with Crippen LogP contribution in [-0.2, 0) is 19.6 Å². The standard InChI is InChI=1S/C28H32FN3O5S/c1-17-23-14-19(6-9-26(23)38(35,36)32(17)21-10-12-30(13-11-21)18(2)33)24-16-31(27(34)37-28(3,4)5)25-15-20(29)7-8-22(24)25/h6-9,14-17,21H,10-13H2,1-5H3. The van der Waals surface area contributed by atoms with Crippen LogP contribution in [0.4, 0.5) is 9.18 Å². The second-order valence-electron chi connectivity index (χ2n) is 11.1. The van der Waals surface area contributed by atoms with Crippen molar-refractivity contribution < 1.29 is 27.1 Å². The lowest BCUT2D eigenvalue weighted by molar-refractivity contribution is -0.130. The number of halogens is 1. The van der Waals surface area contributed by atoms with E-state index in [9.17, 15) is 22.4 Å². The molecule has 0 aliphatic carbocycles. The van der Waals surface area contributed by atoms with Gasteiger partial charge in [-0.15, -0.1) is 0 Å². The molecule has 1 fully saturated rings. The number of sulfonamides is 1. The van der Waals surface area contributed by atoms with Crippen LogP contribution in [0.5, 0.6) is 0 Å². The Balaban J connectivity index is 1.54. The van der Waals surface area contributed by atoms with Gasteiger partial charge in [0.1, 0.15) is 11.4 Å². The van der Waals surface area contributed by atoms with Crippen LogP contribution < -0.4 is 0 Å². The van der Waals surface area contributed by atoms with Gasteiger partial charge in [0.05, 0.1) is 10.4 Å². The number of ether oxygens (including phenoxy) is 1. The minimum Gasteiger partial charge on any atom is -0.443 e. The Hall–Kier alpha value is -3.24. The molecule has 38 heavy (non-hydrogen) atoms. The van der Waals surface area contributed by atoms with E-state index >= 15 is 0 Å². The number of hydrogen-bond donors (Lipinski definition) is 0. The van der Waals surface area contributed by atoms with E-state index in [0.717, 1.165) is 5.56 Å². The molecular weight excluding hydrogens is 509 g/mol. The smallest absolute Gasteiger partial charge is 0.419 e. The summed E-state index contributed by atoms with van der Waals surface area (Å²) in [6.45, 7) is 9.75. The summed E-state index contributed by atoms with van der Waals surface area (Å²) in [6, 6.07) is 8.84. The second-order valence-corrected chi connectivity index (χ2v) is 12.9. The van der Waals surface area contributed by atoms with Crippen LogP contribution >= 0.6 is 0 Å². The normalized spacial score (nSPS) is 20.1. The Kier molecular flexibility index (Phi) is 6.38. The van der Waals surface area contributed by atoms with Gasteiger partial charge in [0.25, 0.3) is 0 Å². The molecule has 5 rings (SSSR count). The van der Waals surface area contributed by atoms with Gasteiger partial charge in [0.2, 0.25) is 15.9 Å². The maximum atomic E-state index is 14.2. The fourth-order valence-electron chi connectivity index (χ4n) is 5.58. The molecule has 1 aromatic heterocycles. The Morgan fingerprint density at radius 3 is 2.37 bits per heavy atom. The summed E-state index contributed by atoms with van der Waals surface area (Å²) in [5, 5.41) is 0.652. The van der Waals surface area contributed by atoms with Crippen molar-refractivity contribution in [2.24, 2.45) is 0 Å². The van der Waals surface area contributed by atoms with Crippen molar-refractivity contribution in [3.05, 3.63) is 54.0 Å². The van der Waals surface area contributed by atoms with E-state index in [1.165, 1.54) is 23.6 Å². The van der Waals surface area contributed by atoms with E-state index in [1.807, 2.05) is 13.0 Å². The summed E-state index contributed by atoms with van der Waals surface area (Å²) in [5.41, 5.74) is 1.71. The number of nitrogens with zero attached hydrogens (tertiary/aromatic N) is 3. The third-order valence-electron chi connectivity index (χ3n) is 7.34. The van der Waals surface area contributed by atoms with Crippen molar-refractivity contribution in [1.29, 1.82) is 0 Å². The first-order valence-electron chi connectivity index (χ1n) is 12.8. The van der Waals surface area contributed by atoms with E-state index in [-0.39, 0.29) is 22.9 Å². The first-order chi connectivity index (χ1) is 17.8. The number of benzene rings is 2. The zero-order valence-electron chi connectivity index (χ0n) is 22.2. The first-order valence-corrected chi connectivity index (χ1v) is 14.2. The van der Waals surface area contributed by atoms with E-state index in [0.29, 0.717) is 48.0 Å². The molecule has 3 aromatic rings. The number of rotatable bonds is 2. The van der Waals surface area contributed by atoms with Crippen molar-refractivity contribution in [1.82, 2.24) is 13.8 Å². The van der Waals surface area contributed by atoms with E-state index in [2.05, 4.69) is 0 Å². The highest BCUT2D eigenvalue weighted by molar-refractivity contribution is 7.89. The van der Waals surface area contributed by atoms with Gasteiger partial charge in [-0.25, -0.2) is 17.6 Å². The summed E-state index contributed by atoms with van der Waals surface area (Å²) in [4.78, 5) is 26.7. The third kappa shape index (κ3) is 4.49. The highest BCUT2D eigenvalue weighted by atomic mass is 32.2. The zero-order chi connectivity index (χ0) is 27.6. The largest absolute Gasteiger partial charge is 0.443 e. The molecule has 1 unspecified atom stereocenters. The van der Waals surface area contributed by atoms with Crippen molar-refractivity contribution in [2.75, 3.05) is 13.1 Å². The molecule has 1 atom stereocenters. The van der Waals surface area contributed by atoms with Gasteiger partial charge in [-0.3, -0.25) is 9.36 Å². The Morgan fingerprint density at radius 1 is 1.05 bits per heavy atom. The third-order valence-corrected chi connectivity index (χ3v) is 9.43. The molecule has 0 radical (unpaired) electrons. The number of carbonyl (C=O) groups is 2. The van der Waals surface area contributed by atoms with Gasteiger partial charge in [-0.2, -0.15) is 4.31 Å². The summed E-state index contributed by atoms with van der Waals surface area (Å²) in [5.74, 6) is -0.480. The second kappa shape index (κ2) is 9.20. The number of aromatic nitrogens is 1. The van der Waals surface area contributed by atoms with Crippen LogP contribution in [0, 0.1) is 5.82 Å². The van der Waals surface area contributed by atoms with Gasteiger partial charge < -0.3 is 9.64 Å². The van der Waals surface area contributed by atoms with Crippen LogP contribution in [0.2, 0.25) is 0 Å². The molecule has 0 spiro atoms. The molecule has 1 amide bonds. The minimum absolute atomic E-state index is 0.000804. The van der Waals surface area contributed by atoms with Crippen LogP contribution in [0.15, 0.2) is 47.5 Å². The quantitative estimate of drug-likeness (QED) is 0.439. The molecule has 0 N–H and O–H groups in total. The SMILES string of the molecule is CC(=O)N1CCC(N2C(C)c3cc(-c4cn(C(=O)OC(C)(C)C)c5cc(F)ccc45)ccc3S2(=O)=O)CC1. The maximum absolute atomic E-state index is 14.2. The van der Waals surface area contributed by atoms with Crippen LogP contribution in [0.1, 0.15) is 59.1 Å². The molecule has 1 saturated heterocycles. The monoisotopic (exact) mass is 541 g/mol. The topological polar surface area (TPSA) is 88.9 Å². The van der Waals surface area contributed by atoms with Crippen molar-refractivity contribution in [3.63, 3.8) is 0 Å². The Morgan fingerprint density at radius 2 is 1.74 bits per heavy atom. The van der Waals surface area contributed by atoms with E-state index in [1.54, 1.807) is 54.4 Å².